The van der Waals surface area contributed by atoms with E-state index in [1.54, 1.807) is 24.3 Å². The number of nitrogens with zero attached hydrogens (tertiary/aromatic N) is 3. The zero-order valence-corrected chi connectivity index (χ0v) is 16.7. The summed E-state index contributed by atoms with van der Waals surface area (Å²) in [4.78, 5) is 42.4. The molecule has 0 saturated carbocycles. The van der Waals surface area contributed by atoms with Crippen molar-refractivity contribution in [2.24, 2.45) is 12.0 Å². The number of rotatable bonds is 2. The number of imide groups is 1. The van der Waals surface area contributed by atoms with Crippen molar-refractivity contribution < 1.29 is 14.4 Å². The number of aromatic nitrogens is 1. The van der Waals surface area contributed by atoms with Crippen molar-refractivity contribution in [3.05, 3.63) is 57.9 Å². The van der Waals surface area contributed by atoms with Gasteiger partial charge in [-0.25, -0.2) is 0 Å². The first-order valence-corrected chi connectivity index (χ1v) is 9.78. The molecule has 0 atom stereocenters. The largest absolute Gasteiger partial charge is 0.319 e. The molecule has 1 aliphatic rings. The van der Waals surface area contributed by atoms with Gasteiger partial charge in [-0.15, -0.1) is 0 Å². The molecular weight excluding hydrogens is 374 g/mol. The molecule has 3 aromatic rings. The molecule has 142 valence electrons. The average Bonchev–Trinajstić information content (AvgIpc) is 3.15. The predicted octanol–water partition coefficient (Wildman–Crippen LogP) is 3.25. The number of anilines is 1. The lowest BCUT2D eigenvalue weighted by Gasteiger charge is -2.13. The van der Waals surface area contributed by atoms with E-state index in [-0.39, 0.29) is 30.6 Å². The molecule has 7 heteroatoms. The molecule has 1 aromatic heterocycles. The predicted molar refractivity (Wildman–Crippen MR) is 108 cm³/mol. The third kappa shape index (κ3) is 3.07. The van der Waals surface area contributed by atoms with Crippen LogP contribution >= 0.6 is 11.3 Å². The lowest BCUT2D eigenvalue weighted by atomic mass is 10.1. The molecule has 4 rings (SSSR count). The summed E-state index contributed by atoms with van der Waals surface area (Å²) in [5, 5.41) is 0. The van der Waals surface area contributed by atoms with Crippen LogP contribution in [0.2, 0.25) is 0 Å². The number of amides is 3. The summed E-state index contributed by atoms with van der Waals surface area (Å²) in [5.41, 5.74) is 4.28. The van der Waals surface area contributed by atoms with Crippen LogP contribution in [0.25, 0.3) is 10.2 Å². The van der Waals surface area contributed by atoms with Gasteiger partial charge in [0.25, 0.3) is 5.91 Å². The highest BCUT2D eigenvalue weighted by molar-refractivity contribution is 7.16. The molecule has 1 aliphatic heterocycles. The Morgan fingerprint density at radius 3 is 2.32 bits per heavy atom. The number of benzene rings is 2. The molecule has 0 N–H and O–H groups in total. The van der Waals surface area contributed by atoms with Gasteiger partial charge < -0.3 is 4.57 Å². The lowest BCUT2D eigenvalue weighted by molar-refractivity contribution is -0.121. The van der Waals surface area contributed by atoms with Gasteiger partial charge in [0.2, 0.25) is 11.8 Å². The van der Waals surface area contributed by atoms with Crippen molar-refractivity contribution in [1.82, 2.24) is 4.57 Å². The monoisotopic (exact) mass is 393 g/mol. The van der Waals surface area contributed by atoms with Crippen molar-refractivity contribution in [2.75, 3.05) is 4.90 Å². The van der Waals surface area contributed by atoms with E-state index < -0.39 is 0 Å². The Kier molecular flexibility index (Phi) is 4.47. The molecule has 1 fully saturated rings. The van der Waals surface area contributed by atoms with Crippen LogP contribution in [0.3, 0.4) is 0 Å². The summed E-state index contributed by atoms with van der Waals surface area (Å²) in [6, 6.07) is 10.6. The zero-order chi connectivity index (χ0) is 20.0. The minimum atomic E-state index is -0.359. The fraction of sp³-hybridized carbons (Fsp3) is 0.238. The van der Waals surface area contributed by atoms with Gasteiger partial charge in [0.05, 0.1) is 15.9 Å². The molecule has 6 nitrogen and oxygen atoms in total. The van der Waals surface area contributed by atoms with E-state index in [0.717, 1.165) is 21.3 Å². The second-order valence-electron chi connectivity index (χ2n) is 6.96. The first-order valence-electron chi connectivity index (χ1n) is 8.97. The Morgan fingerprint density at radius 1 is 1.04 bits per heavy atom. The average molecular weight is 393 g/mol. The van der Waals surface area contributed by atoms with Crippen molar-refractivity contribution >= 4 is 45.0 Å². The molecule has 2 heterocycles. The number of aryl methyl sites for hydroxylation is 3. The molecule has 1 saturated heterocycles. The zero-order valence-electron chi connectivity index (χ0n) is 15.9. The number of hydrogen-bond donors (Lipinski definition) is 0. The molecule has 0 spiro atoms. The third-order valence-corrected chi connectivity index (χ3v) is 6.15. The van der Waals surface area contributed by atoms with Gasteiger partial charge in [-0.05, 0) is 55.3 Å². The van der Waals surface area contributed by atoms with Crippen LogP contribution in [0.5, 0.6) is 0 Å². The fourth-order valence-electron chi connectivity index (χ4n) is 3.44. The Balaban J connectivity index is 1.68. The highest BCUT2D eigenvalue weighted by Gasteiger charge is 2.30. The number of carbonyl (C=O) groups excluding carboxylic acids is 3. The molecule has 28 heavy (non-hydrogen) atoms. The minimum Gasteiger partial charge on any atom is -0.319 e. The number of hydrogen-bond acceptors (Lipinski definition) is 4. The highest BCUT2D eigenvalue weighted by atomic mass is 32.1. The summed E-state index contributed by atoms with van der Waals surface area (Å²) in [7, 11) is 1.90. The molecule has 0 aliphatic carbocycles. The smallest absolute Gasteiger partial charge is 0.279 e. The summed E-state index contributed by atoms with van der Waals surface area (Å²) >= 11 is 1.48. The lowest BCUT2D eigenvalue weighted by Crippen LogP contribution is -2.28. The minimum absolute atomic E-state index is 0.211. The molecular formula is C21H19N3O3S. The van der Waals surface area contributed by atoms with E-state index >= 15 is 0 Å². The van der Waals surface area contributed by atoms with Crippen molar-refractivity contribution in [1.29, 1.82) is 0 Å². The standard InChI is InChI=1S/C21H19N3O3S/c1-12-10-13(2)19-16(11-12)23(3)21(28-19)22-20(27)14-4-6-15(7-5-14)24-17(25)8-9-18(24)26/h4-7,10-11H,8-9H2,1-3H3. The van der Waals surface area contributed by atoms with Gasteiger partial charge >= 0.3 is 0 Å². The van der Waals surface area contributed by atoms with Crippen LogP contribution < -0.4 is 9.70 Å². The highest BCUT2D eigenvalue weighted by Crippen LogP contribution is 2.24. The summed E-state index contributed by atoms with van der Waals surface area (Å²) < 4.78 is 3.04. The van der Waals surface area contributed by atoms with Crippen molar-refractivity contribution in [2.45, 2.75) is 26.7 Å². The van der Waals surface area contributed by atoms with Gasteiger partial charge in [-0.2, -0.15) is 4.99 Å². The number of carbonyl (C=O) groups is 3. The number of thiazole rings is 1. The Hall–Kier alpha value is -3.06. The van der Waals surface area contributed by atoms with Crippen LogP contribution in [0.4, 0.5) is 5.69 Å². The van der Waals surface area contributed by atoms with Gasteiger partial charge in [0, 0.05) is 25.5 Å². The van der Waals surface area contributed by atoms with Crippen LogP contribution in [0, 0.1) is 13.8 Å². The van der Waals surface area contributed by atoms with Crippen molar-refractivity contribution in [3.63, 3.8) is 0 Å². The molecule has 3 amide bonds. The Morgan fingerprint density at radius 2 is 1.68 bits per heavy atom. The number of fused-ring (bicyclic) bond motifs is 1. The molecule has 2 aromatic carbocycles. The topological polar surface area (TPSA) is 71.7 Å². The SMILES string of the molecule is Cc1cc(C)c2sc(=NC(=O)c3ccc(N4C(=O)CCC4=O)cc3)n(C)c2c1. The summed E-state index contributed by atoms with van der Waals surface area (Å²) in [6.07, 6.45) is 0.465. The molecule has 0 radical (unpaired) electrons. The van der Waals surface area contributed by atoms with Crippen LogP contribution in [-0.2, 0) is 16.6 Å². The molecule has 0 unspecified atom stereocenters. The first-order chi connectivity index (χ1) is 13.3. The maximum absolute atomic E-state index is 12.6. The Labute approximate surface area is 165 Å². The van der Waals surface area contributed by atoms with E-state index in [1.807, 2.05) is 18.5 Å². The quantitative estimate of drug-likeness (QED) is 0.628. The van der Waals surface area contributed by atoms with E-state index in [9.17, 15) is 14.4 Å². The fourth-order valence-corrected chi connectivity index (χ4v) is 4.51. The summed E-state index contributed by atoms with van der Waals surface area (Å²) in [6.45, 7) is 4.10. The maximum Gasteiger partial charge on any atom is 0.279 e. The third-order valence-electron chi connectivity index (χ3n) is 4.86. The van der Waals surface area contributed by atoms with Gasteiger partial charge in [-0.3, -0.25) is 19.3 Å². The van der Waals surface area contributed by atoms with Crippen molar-refractivity contribution in [3.8, 4) is 0 Å². The van der Waals surface area contributed by atoms with E-state index in [4.69, 9.17) is 0 Å². The van der Waals surface area contributed by atoms with E-state index in [2.05, 4.69) is 24.0 Å². The van der Waals surface area contributed by atoms with Gasteiger partial charge in [-0.1, -0.05) is 17.4 Å². The first kappa shape index (κ1) is 18.3. The molecule has 0 bridgehead atoms. The maximum atomic E-state index is 12.6. The van der Waals surface area contributed by atoms with Gasteiger partial charge in [0.1, 0.15) is 0 Å². The Bertz CT molecular complexity index is 1190. The van der Waals surface area contributed by atoms with E-state index in [1.165, 1.54) is 16.2 Å². The van der Waals surface area contributed by atoms with Crippen LogP contribution in [-0.4, -0.2) is 22.3 Å². The summed E-state index contributed by atoms with van der Waals surface area (Å²) in [5.74, 6) is -0.782. The van der Waals surface area contributed by atoms with Crippen LogP contribution in [0.1, 0.15) is 34.3 Å². The van der Waals surface area contributed by atoms with Gasteiger partial charge in [0.15, 0.2) is 4.80 Å². The van der Waals surface area contributed by atoms with E-state index in [0.29, 0.717) is 16.1 Å². The van der Waals surface area contributed by atoms with Crippen LogP contribution in [0.15, 0.2) is 41.4 Å². The second-order valence-corrected chi connectivity index (χ2v) is 7.94. The normalized spacial score (nSPS) is 15.1. The second kappa shape index (κ2) is 6.83.